The van der Waals surface area contributed by atoms with Gasteiger partial charge >= 0.3 is 0 Å². The number of nitrogens with one attached hydrogen (secondary N) is 2. The van der Waals surface area contributed by atoms with Gasteiger partial charge in [-0.1, -0.05) is 26.0 Å². The van der Waals surface area contributed by atoms with E-state index in [1.807, 2.05) is 12.1 Å². The van der Waals surface area contributed by atoms with Crippen molar-refractivity contribution >= 4 is 27.3 Å². The van der Waals surface area contributed by atoms with E-state index in [1.165, 1.54) is 20.1 Å². The van der Waals surface area contributed by atoms with Crippen LogP contribution in [0.3, 0.4) is 0 Å². The third-order valence-corrected chi connectivity index (χ3v) is 5.04. The lowest BCUT2D eigenvalue weighted by Crippen LogP contribution is -2.13. The molecule has 0 atom stereocenters. The zero-order valence-electron chi connectivity index (χ0n) is 15.4. The van der Waals surface area contributed by atoms with Crippen molar-refractivity contribution in [1.82, 2.24) is 0 Å². The van der Waals surface area contributed by atoms with Gasteiger partial charge in [0, 0.05) is 13.0 Å². The maximum Gasteiger partial charge on any atom is 0.261 e. The number of carbonyl (C=O) groups is 1. The van der Waals surface area contributed by atoms with Crippen molar-refractivity contribution in [2.45, 2.75) is 32.1 Å². The minimum atomic E-state index is -3.71. The molecule has 2 aromatic carbocycles. The Morgan fingerprint density at radius 2 is 1.77 bits per heavy atom. The van der Waals surface area contributed by atoms with E-state index >= 15 is 0 Å². The number of rotatable bonds is 7. The van der Waals surface area contributed by atoms with Crippen molar-refractivity contribution in [2.24, 2.45) is 5.92 Å². The van der Waals surface area contributed by atoms with Gasteiger partial charge in [-0.05, 0) is 42.2 Å². The predicted molar refractivity (Wildman–Crippen MR) is 103 cm³/mol. The summed E-state index contributed by atoms with van der Waals surface area (Å²) in [7, 11) is -2.26. The minimum Gasteiger partial charge on any atom is -0.494 e. The highest BCUT2D eigenvalue weighted by atomic mass is 32.2. The number of methoxy groups -OCH3 is 1. The molecule has 2 N–H and O–H groups in total. The smallest absolute Gasteiger partial charge is 0.261 e. The molecule has 0 unspecified atom stereocenters. The van der Waals surface area contributed by atoms with Crippen LogP contribution in [0.1, 0.15) is 26.3 Å². The first kappa shape index (κ1) is 19.8. The number of hydrogen-bond acceptors (Lipinski definition) is 4. The molecule has 2 rings (SSSR count). The summed E-state index contributed by atoms with van der Waals surface area (Å²) in [4.78, 5) is 11.4. The number of carbonyl (C=O) groups excluding carboxylic acids is 1. The van der Waals surface area contributed by atoms with Gasteiger partial charge in [0.25, 0.3) is 10.0 Å². The second-order valence-corrected chi connectivity index (χ2v) is 8.13. The lowest BCUT2D eigenvalue weighted by molar-refractivity contribution is -0.114. The first-order chi connectivity index (χ1) is 12.2. The SMILES string of the molecule is COc1cc(NS(=O)(=O)c2ccc(CC(C)C)cc2)ccc1NC(C)=O. The second-order valence-electron chi connectivity index (χ2n) is 6.44. The van der Waals surface area contributed by atoms with E-state index < -0.39 is 10.0 Å². The number of anilines is 2. The number of ether oxygens (including phenoxy) is 1. The van der Waals surface area contributed by atoms with Crippen LogP contribution in [-0.4, -0.2) is 21.4 Å². The zero-order valence-corrected chi connectivity index (χ0v) is 16.2. The third-order valence-electron chi connectivity index (χ3n) is 3.64. The molecule has 0 bridgehead atoms. The summed E-state index contributed by atoms with van der Waals surface area (Å²) in [6.45, 7) is 5.62. The first-order valence-corrected chi connectivity index (χ1v) is 9.77. The Balaban J connectivity index is 2.22. The van der Waals surface area contributed by atoms with Gasteiger partial charge in [0.05, 0.1) is 23.4 Å². The lowest BCUT2D eigenvalue weighted by atomic mass is 10.0. The van der Waals surface area contributed by atoms with Crippen molar-refractivity contribution in [3.63, 3.8) is 0 Å². The van der Waals surface area contributed by atoms with Crippen LogP contribution in [-0.2, 0) is 21.2 Å². The highest BCUT2D eigenvalue weighted by molar-refractivity contribution is 7.92. The predicted octanol–water partition coefficient (Wildman–Crippen LogP) is 3.65. The van der Waals surface area contributed by atoms with Gasteiger partial charge in [-0.15, -0.1) is 0 Å². The van der Waals surface area contributed by atoms with Gasteiger partial charge in [0.15, 0.2) is 0 Å². The summed E-state index contributed by atoms with van der Waals surface area (Å²) < 4.78 is 32.9. The van der Waals surface area contributed by atoms with Crippen LogP contribution < -0.4 is 14.8 Å². The molecule has 2 aromatic rings. The number of sulfonamides is 1. The van der Waals surface area contributed by atoms with Crippen molar-refractivity contribution < 1.29 is 17.9 Å². The van der Waals surface area contributed by atoms with Crippen LogP contribution in [0.25, 0.3) is 0 Å². The maximum atomic E-state index is 12.6. The van der Waals surface area contributed by atoms with Gasteiger partial charge in [-0.2, -0.15) is 0 Å². The van der Waals surface area contributed by atoms with Crippen LogP contribution >= 0.6 is 0 Å². The molecule has 7 heteroatoms. The Kier molecular flexibility index (Phi) is 6.26. The molecule has 6 nitrogen and oxygen atoms in total. The van der Waals surface area contributed by atoms with E-state index in [0.717, 1.165) is 12.0 Å². The van der Waals surface area contributed by atoms with E-state index in [9.17, 15) is 13.2 Å². The van der Waals surface area contributed by atoms with Crippen LogP contribution in [0.15, 0.2) is 47.4 Å². The van der Waals surface area contributed by atoms with Gasteiger partial charge < -0.3 is 10.1 Å². The summed E-state index contributed by atoms with van der Waals surface area (Å²) in [5, 5.41) is 2.63. The van der Waals surface area contributed by atoms with Gasteiger partial charge in [0.1, 0.15) is 5.75 Å². The molecule has 1 amide bonds. The fraction of sp³-hybridized carbons (Fsp3) is 0.316. The Morgan fingerprint density at radius 1 is 1.12 bits per heavy atom. The van der Waals surface area contributed by atoms with Gasteiger partial charge in [-0.3, -0.25) is 9.52 Å². The fourth-order valence-corrected chi connectivity index (χ4v) is 3.59. The number of amides is 1. The van der Waals surface area contributed by atoms with E-state index in [1.54, 1.807) is 24.3 Å². The van der Waals surface area contributed by atoms with Crippen molar-refractivity contribution in [3.05, 3.63) is 48.0 Å². The monoisotopic (exact) mass is 376 g/mol. The highest BCUT2D eigenvalue weighted by Crippen LogP contribution is 2.29. The lowest BCUT2D eigenvalue weighted by Gasteiger charge is -2.13. The largest absolute Gasteiger partial charge is 0.494 e. The van der Waals surface area contributed by atoms with E-state index in [4.69, 9.17) is 4.74 Å². The molecule has 0 fully saturated rings. The normalized spacial score (nSPS) is 11.3. The Hall–Kier alpha value is -2.54. The molecule has 0 saturated heterocycles. The first-order valence-electron chi connectivity index (χ1n) is 8.28. The number of benzene rings is 2. The molecular weight excluding hydrogens is 352 g/mol. The summed E-state index contributed by atoms with van der Waals surface area (Å²) in [5.41, 5.74) is 1.92. The molecule has 0 saturated carbocycles. The summed E-state index contributed by atoms with van der Waals surface area (Å²) in [6.07, 6.45) is 0.898. The molecule has 140 valence electrons. The molecule has 0 aliphatic rings. The molecule has 0 spiro atoms. The standard InChI is InChI=1S/C19H24N2O4S/c1-13(2)11-15-5-8-17(9-6-15)26(23,24)21-16-7-10-18(20-14(3)22)19(12-16)25-4/h5-10,12-13,21H,11H2,1-4H3,(H,20,22). The maximum absolute atomic E-state index is 12.6. The summed E-state index contributed by atoms with van der Waals surface area (Å²) in [5.74, 6) is 0.635. The van der Waals surface area contributed by atoms with E-state index in [0.29, 0.717) is 23.0 Å². The average molecular weight is 376 g/mol. The molecule has 0 aliphatic carbocycles. The van der Waals surface area contributed by atoms with E-state index in [2.05, 4.69) is 23.9 Å². The average Bonchev–Trinajstić information content (AvgIpc) is 2.55. The van der Waals surface area contributed by atoms with E-state index in [-0.39, 0.29) is 10.8 Å². The minimum absolute atomic E-state index is 0.190. The number of hydrogen-bond donors (Lipinski definition) is 2. The summed E-state index contributed by atoms with van der Waals surface area (Å²) >= 11 is 0. The van der Waals surface area contributed by atoms with Crippen molar-refractivity contribution in [3.8, 4) is 5.75 Å². The zero-order chi connectivity index (χ0) is 19.3. The second kappa shape index (κ2) is 8.23. The molecule has 0 heterocycles. The van der Waals surface area contributed by atoms with Crippen LogP contribution in [0.5, 0.6) is 5.75 Å². The molecular formula is C19H24N2O4S. The van der Waals surface area contributed by atoms with Gasteiger partial charge in [-0.25, -0.2) is 8.42 Å². The molecule has 0 aliphatic heterocycles. The topological polar surface area (TPSA) is 84.5 Å². The Morgan fingerprint density at radius 3 is 2.31 bits per heavy atom. The summed E-state index contributed by atoms with van der Waals surface area (Å²) in [6, 6.07) is 11.5. The van der Waals surface area contributed by atoms with Crippen molar-refractivity contribution in [2.75, 3.05) is 17.1 Å². The van der Waals surface area contributed by atoms with Crippen LogP contribution in [0, 0.1) is 5.92 Å². The molecule has 0 aromatic heterocycles. The Bertz CT molecular complexity index is 875. The fourth-order valence-electron chi connectivity index (χ4n) is 2.54. The quantitative estimate of drug-likeness (QED) is 0.772. The van der Waals surface area contributed by atoms with Crippen molar-refractivity contribution in [1.29, 1.82) is 0 Å². The Labute approximate surface area is 154 Å². The van der Waals surface area contributed by atoms with Crippen LogP contribution in [0.4, 0.5) is 11.4 Å². The molecule has 26 heavy (non-hydrogen) atoms. The van der Waals surface area contributed by atoms with Crippen LogP contribution in [0.2, 0.25) is 0 Å². The highest BCUT2D eigenvalue weighted by Gasteiger charge is 2.15. The van der Waals surface area contributed by atoms with Gasteiger partial charge in [0.2, 0.25) is 5.91 Å². The third kappa shape index (κ3) is 5.23. The molecule has 0 radical (unpaired) electrons.